The van der Waals surface area contributed by atoms with Gasteiger partial charge in [0.1, 0.15) is 5.82 Å². The van der Waals surface area contributed by atoms with E-state index < -0.39 is 0 Å². The first-order chi connectivity index (χ1) is 15.0. The topological polar surface area (TPSA) is 86.5 Å². The number of allylic oxidation sites excluding steroid dienone is 1. The van der Waals surface area contributed by atoms with Crippen LogP contribution in [0.25, 0.3) is 12.3 Å². The van der Waals surface area contributed by atoms with Crippen LogP contribution in [0.15, 0.2) is 37.1 Å². The van der Waals surface area contributed by atoms with E-state index in [-0.39, 0.29) is 17.6 Å². The average molecular weight is 427 g/mol. The number of carbonyl (C=O) groups excluding carboxylic acids is 1. The summed E-state index contributed by atoms with van der Waals surface area (Å²) in [6, 6.07) is 5.06. The van der Waals surface area contributed by atoms with Crippen LogP contribution >= 0.6 is 0 Å². The lowest BCUT2D eigenvalue weighted by atomic mass is 9.88. The third-order valence-corrected chi connectivity index (χ3v) is 5.89. The number of hydrogen-bond acceptors (Lipinski definition) is 4. The number of halogens is 1. The molecule has 3 rings (SSSR count). The molecule has 1 amide bonds. The van der Waals surface area contributed by atoms with Gasteiger partial charge >= 0.3 is 0 Å². The average Bonchev–Trinajstić information content (AvgIpc) is 3.15. The molecule has 1 fully saturated rings. The maximum absolute atomic E-state index is 14.4. The zero-order valence-corrected chi connectivity index (χ0v) is 18.0. The van der Waals surface area contributed by atoms with Crippen molar-refractivity contribution < 1.29 is 13.9 Å². The van der Waals surface area contributed by atoms with Crippen molar-refractivity contribution in [3.05, 3.63) is 70.1 Å². The first-order valence-corrected chi connectivity index (χ1v) is 10.5. The number of aromatic nitrogens is 1. The predicted octanol–water partition coefficient (Wildman–Crippen LogP) is 1.42. The fraction of sp³-hybridized carbons (Fsp3) is 0.375. The Hall–Kier alpha value is -2.90. The van der Waals surface area contributed by atoms with Gasteiger partial charge in [-0.3, -0.25) is 4.79 Å². The number of hydrogen-bond donors (Lipinski definition) is 2. The Morgan fingerprint density at radius 3 is 2.71 bits per heavy atom. The van der Waals surface area contributed by atoms with E-state index >= 15 is 0 Å². The lowest BCUT2D eigenvalue weighted by Crippen LogP contribution is -2.41. The van der Waals surface area contributed by atoms with E-state index in [4.69, 9.17) is 16.2 Å². The first-order valence-electron chi connectivity index (χ1n) is 10.5. The summed E-state index contributed by atoms with van der Waals surface area (Å²) < 4.78 is 21.5. The normalized spacial score (nSPS) is 16.2. The van der Waals surface area contributed by atoms with Crippen LogP contribution in [0.5, 0.6) is 0 Å². The Morgan fingerprint density at radius 1 is 1.35 bits per heavy atom. The van der Waals surface area contributed by atoms with Gasteiger partial charge in [0.05, 0.1) is 17.5 Å². The highest BCUT2D eigenvalue weighted by atomic mass is 19.1. The Kier molecular flexibility index (Phi) is 7.65. The van der Waals surface area contributed by atoms with E-state index in [1.807, 2.05) is 27.8 Å². The molecule has 0 unspecified atom stereocenters. The van der Waals surface area contributed by atoms with Crippen molar-refractivity contribution >= 4 is 18.2 Å². The van der Waals surface area contributed by atoms with Crippen LogP contribution in [0.2, 0.25) is 0 Å². The molecule has 0 saturated carbocycles. The lowest BCUT2D eigenvalue weighted by Gasteiger charge is -2.32. The molecule has 31 heavy (non-hydrogen) atoms. The molecule has 1 aliphatic rings. The van der Waals surface area contributed by atoms with Crippen LogP contribution in [0.4, 0.5) is 4.39 Å². The standard InChI is InChI=1S/C24H31FN4O2/c1-3-4-23-20(15-27)21(16-29(23)11-12-31-2)24(30)28-9-7-18(8-10-28)19-13-17(14-26)5-6-22(19)25/h3-6,13,15-16,18H,1,7-12,14,26-27H2,2H3/b20-15-,23-4+. The summed E-state index contributed by atoms with van der Waals surface area (Å²) in [4.78, 5) is 15.1. The number of rotatable bonds is 7. The molecule has 6 nitrogen and oxygen atoms in total. The van der Waals surface area contributed by atoms with Gasteiger partial charge in [0.25, 0.3) is 5.91 Å². The van der Waals surface area contributed by atoms with Gasteiger partial charge in [-0.1, -0.05) is 24.8 Å². The second-order valence-corrected chi connectivity index (χ2v) is 7.72. The molecule has 0 spiro atoms. The number of methoxy groups -OCH3 is 1. The van der Waals surface area contributed by atoms with Crippen LogP contribution in [-0.4, -0.2) is 42.2 Å². The highest BCUT2D eigenvalue weighted by molar-refractivity contribution is 5.94. The fourth-order valence-corrected chi connectivity index (χ4v) is 4.20. The van der Waals surface area contributed by atoms with Crippen LogP contribution < -0.4 is 22.0 Å². The molecule has 1 aromatic heterocycles. The van der Waals surface area contributed by atoms with Crippen LogP contribution in [0.3, 0.4) is 0 Å². The van der Waals surface area contributed by atoms with Gasteiger partial charge in [-0.25, -0.2) is 4.39 Å². The summed E-state index contributed by atoms with van der Waals surface area (Å²) in [6.45, 7) is 6.38. The summed E-state index contributed by atoms with van der Waals surface area (Å²) >= 11 is 0. The van der Waals surface area contributed by atoms with Crippen LogP contribution in [-0.2, 0) is 17.8 Å². The Bertz CT molecular complexity index is 1050. The van der Waals surface area contributed by atoms with Crippen molar-refractivity contribution in [2.75, 3.05) is 26.8 Å². The fourth-order valence-electron chi connectivity index (χ4n) is 4.20. The first kappa shape index (κ1) is 22.8. The number of amides is 1. The predicted molar refractivity (Wildman–Crippen MR) is 121 cm³/mol. The second kappa shape index (κ2) is 10.4. The van der Waals surface area contributed by atoms with Gasteiger partial charge in [-0.05, 0) is 42.0 Å². The van der Waals surface area contributed by atoms with Gasteiger partial charge in [-0.15, -0.1) is 0 Å². The van der Waals surface area contributed by atoms with Gasteiger partial charge in [0.2, 0.25) is 0 Å². The van der Waals surface area contributed by atoms with Crippen LogP contribution in [0, 0.1) is 5.82 Å². The monoisotopic (exact) mass is 426 g/mol. The van der Waals surface area contributed by atoms with Crippen molar-refractivity contribution in [1.29, 1.82) is 0 Å². The quantitative estimate of drug-likeness (QED) is 0.701. The minimum absolute atomic E-state index is 0.0683. The zero-order valence-electron chi connectivity index (χ0n) is 18.0. The Balaban J connectivity index is 1.81. The van der Waals surface area contributed by atoms with E-state index in [0.29, 0.717) is 62.0 Å². The highest BCUT2D eigenvalue weighted by Gasteiger charge is 2.27. The van der Waals surface area contributed by atoms with Crippen LogP contribution in [0.1, 0.15) is 40.2 Å². The number of piperidine rings is 1. The number of nitrogens with zero attached hydrogens (tertiary/aromatic N) is 2. The number of benzene rings is 1. The lowest BCUT2D eigenvalue weighted by molar-refractivity contribution is 0.0711. The molecule has 1 saturated heterocycles. The summed E-state index contributed by atoms with van der Waals surface area (Å²) in [6.07, 6.45) is 8.21. The zero-order chi connectivity index (χ0) is 22.4. The van der Waals surface area contributed by atoms with Crippen molar-refractivity contribution in [1.82, 2.24) is 9.47 Å². The van der Waals surface area contributed by atoms with E-state index in [0.717, 1.165) is 10.9 Å². The highest BCUT2D eigenvalue weighted by Crippen LogP contribution is 2.31. The van der Waals surface area contributed by atoms with E-state index in [1.165, 1.54) is 12.3 Å². The molecule has 4 N–H and O–H groups in total. The van der Waals surface area contributed by atoms with Crippen molar-refractivity contribution in [3.8, 4) is 0 Å². The summed E-state index contributed by atoms with van der Waals surface area (Å²) in [5.74, 6) is -0.199. The third-order valence-electron chi connectivity index (χ3n) is 5.89. The molecule has 2 aromatic rings. The maximum atomic E-state index is 14.4. The number of likely N-dealkylation sites (tertiary alicyclic amines) is 1. The Labute approximate surface area is 182 Å². The van der Waals surface area contributed by atoms with Crippen molar-refractivity contribution in [2.24, 2.45) is 11.5 Å². The van der Waals surface area contributed by atoms with E-state index in [9.17, 15) is 9.18 Å². The summed E-state index contributed by atoms with van der Waals surface area (Å²) in [7, 11) is 1.64. The maximum Gasteiger partial charge on any atom is 0.256 e. The second-order valence-electron chi connectivity index (χ2n) is 7.72. The molecular formula is C24H31FN4O2. The minimum atomic E-state index is -0.207. The molecule has 0 aliphatic carbocycles. The number of nitrogens with two attached hydrogens (primary N) is 2. The van der Waals surface area contributed by atoms with Gasteiger partial charge in [0.15, 0.2) is 0 Å². The third kappa shape index (κ3) is 4.89. The molecule has 0 bridgehead atoms. The largest absolute Gasteiger partial charge is 0.404 e. The molecule has 0 atom stereocenters. The summed E-state index contributed by atoms with van der Waals surface area (Å²) in [5.41, 5.74) is 13.8. The molecule has 7 heteroatoms. The summed E-state index contributed by atoms with van der Waals surface area (Å²) in [5, 5.41) is 1.51. The SMILES string of the molecule is C=C/C=c1\c(=C/N)c(C(=O)N2CCC(c3cc(CN)ccc3F)CC2)cn1CCOC. The number of carbonyl (C=O) groups is 1. The van der Waals surface area contributed by atoms with E-state index in [1.54, 1.807) is 19.3 Å². The molecule has 0 radical (unpaired) electrons. The van der Waals surface area contributed by atoms with Gasteiger partial charge in [-0.2, -0.15) is 0 Å². The smallest absolute Gasteiger partial charge is 0.256 e. The van der Waals surface area contributed by atoms with Gasteiger partial charge in [0, 0.05) is 50.9 Å². The molecule has 1 aliphatic heterocycles. The Morgan fingerprint density at radius 2 is 2.10 bits per heavy atom. The number of ether oxygens (including phenoxy) is 1. The molecule has 2 heterocycles. The minimum Gasteiger partial charge on any atom is -0.404 e. The molecular weight excluding hydrogens is 395 g/mol. The van der Waals surface area contributed by atoms with Crippen molar-refractivity contribution in [2.45, 2.75) is 31.8 Å². The van der Waals surface area contributed by atoms with E-state index in [2.05, 4.69) is 6.58 Å². The molecule has 166 valence electrons. The van der Waals surface area contributed by atoms with Gasteiger partial charge < -0.3 is 25.7 Å². The van der Waals surface area contributed by atoms with Crippen molar-refractivity contribution in [3.63, 3.8) is 0 Å². The molecule has 1 aromatic carbocycles.